The maximum Gasteiger partial charge on any atom is -0.0315 e. The minimum absolute atomic E-state index is 1.23. The summed E-state index contributed by atoms with van der Waals surface area (Å²) in [6.45, 7) is 0. The molecule has 0 radical (unpaired) electrons. The van der Waals surface area contributed by atoms with Crippen molar-refractivity contribution in [1.82, 2.24) is 0 Å². The van der Waals surface area contributed by atoms with Crippen LogP contribution in [0.3, 0.4) is 0 Å². The molecule has 6 atom stereocenters. The predicted octanol–water partition coefficient (Wildman–Crippen LogP) is 1.91. The lowest BCUT2D eigenvalue weighted by Crippen LogP contribution is -2.36. The van der Waals surface area contributed by atoms with Crippen LogP contribution >= 0.6 is 0 Å². The van der Waals surface area contributed by atoms with E-state index < -0.39 is 0 Å². The van der Waals surface area contributed by atoms with Crippen molar-refractivity contribution in [2.24, 2.45) is 35.5 Å². The summed E-state index contributed by atoms with van der Waals surface area (Å²) in [5.41, 5.74) is 0. The first-order chi connectivity index (χ1) is 4.47. The van der Waals surface area contributed by atoms with E-state index in [1.807, 2.05) is 0 Å². The third-order valence-corrected chi connectivity index (χ3v) is 4.72. The van der Waals surface area contributed by atoms with Crippen LogP contribution in [0.15, 0.2) is 0 Å². The molecule has 0 saturated heterocycles. The van der Waals surface area contributed by atoms with E-state index in [1.165, 1.54) is 35.5 Å². The van der Waals surface area contributed by atoms with E-state index in [1.54, 1.807) is 19.3 Å². The summed E-state index contributed by atoms with van der Waals surface area (Å²) in [7, 11) is 0. The van der Waals surface area contributed by atoms with Crippen molar-refractivity contribution < 1.29 is 0 Å². The first kappa shape index (κ1) is 4.00. The van der Waals surface area contributed by atoms with Crippen LogP contribution in [-0.2, 0) is 0 Å². The average molecular weight is 120 g/mol. The average Bonchev–Trinajstić information content (AvgIpc) is 2.49. The van der Waals surface area contributed by atoms with Crippen molar-refractivity contribution in [3.05, 3.63) is 0 Å². The molecule has 9 heavy (non-hydrogen) atoms. The van der Waals surface area contributed by atoms with Gasteiger partial charge >= 0.3 is 0 Å². The third-order valence-electron chi connectivity index (χ3n) is 4.72. The van der Waals surface area contributed by atoms with Crippen molar-refractivity contribution in [2.45, 2.75) is 19.3 Å². The van der Waals surface area contributed by atoms with Crippen molar-refractivity contribution >= 4 is 0 Å². The van der Waals surface area contributed by atoms with Gasteiger partial charge in [-0.3, -0.25) is 0 Å². The van der Waals surface area contributed by atoms with E-state index in [-0.39, 0.29) is 0 Å². The van der Waals surface area contributed by atoms with Gasteiger partial charge in [0.1, 0.15) is 0 Å². The molecule has 0 nitrogen and oxygen atoms in total. The highest BCUT2D eigenvalue weighted by Crippen LogP contribution is 2.82. The normalized spacial score (nSPS) is 80.0. The predicted molar refractivity (Wildman–Crippen MR) is 34.8 cm³/mol. The zero-order valence-corrected chi connectivity index (χ0v) is 5.59. The Balaban J connectivity index is 1.94. The molecule has 0 heteroatoms. The van der Waals surface area contributed by atoms with Gasteiger partial charge in [0.05, 0.1) is 0 Å². The van der Waals surface area contributed by atoms with Gasteiger partial charge in [0.15, 0.2) is 0 Å². The second-order valence-electron chi connectivity index (χ2n) is 4.63. The van der Waals surface area contributed by atoms with Crippen LogP contribution < -0.4 is 0 Å². The van der Waals surface area contributed by atoms with Crippen LogP contribution in [0.5, 0.6) is 0 Å². The lowest BCUT2D eigenvalue weighted by atomic mass is 9.62. The molecule has 0 N–H and O–H groups in total. The topological polar surface area (TPSA) is 0 Å². The number of rotatable bonds is 0. The Bertz CT molecular complexity index is 160. The second-order valence-corrected chi connectivity index (χ2v) is 4.63. The van der Waals surface area contributed by atoms with Gasteiger partial charge in [-0.1, -0.05) is 0 Å². The Hall–Kier alpha value is 0. The SMILES string of the molecule is C1CC2C3CC1C1C2C31. The fraction of sp³-hybridized carbons (Fsp3) is 1.00. The van der Waals surface area contributed by atoms with Gasteiger partial charge in [-0.15, -0.1) is 0 Å². The van der Waals surface area contributed by atoms with Crippen molar-refractivity contribution in [3.63, 3.8) is 0 Å². The molecule has 5 fully saturated rings. The van der Waals surface area contributed by atoms with Crippen molar-refractivity contribution in [3.8, 4) is 0 Å². The van der Waals surface area contributed by atoms with Gasteiger partial charge in [-0.25, -0.2) is 0 Å². The standard InChI is InChI=1S/C9H12/c1-2-5-6-3-4(1)7-8(5)9(6)7/h4-9H,1-3H2. The van der Waals surface area contributed by atoms with Gasteiger partial charge in [0.2, 0.25) is 0 Å². The lowest BCUT2D eigenvalue weighted by molar-refractivity contribution is 0.0558. The van der Waals surface area contributed by atoms with Crippen LogP contribution in [0.1, 0.15) is 19.3 Å². The zero-order valence-electron chi connectivity index (χ0n) is 5.59. The van der Waals surface area contributed by atoms with Gasteiger partial charge in [0.25, 0.3) is 0 Å². The summed E-state index contributed by atoms with van der Waals surface area (Å²) in [6.07, 6.45) is 4.88. The summed E-state index contributed by atoms with van der Waals surface area (Å²) in [5, 5.41) is 0. The largest absolute Gasteiger partial charge is 0.0499 e. The molecule has 3 bridgehead atoms. The summed E-state index contributed by atoms with van der Waals surface area (Å²) in [6, 6.07) is 0. The van der Waals surface area contributed by atoms with Gasteiger partial charge in [-0.05, 0) is 54.8 Å². The van der Waals surface area contributed by atoms with Crippen LogP contribution in [-0.4, -0.2) is 0 Å². The highest BCUT2D eigenvalue weighted by molar-refractivity contribution is 5.24. The fourth-order valence-electron chi connectivity index (χ4n) is 4.54. The third kappa shape index (κ3) is 0.235. The Kier molecular flexibility index (Phi) is 0.395. The molecular weight excluding hydrogens is 108 g/mol. The van der Waals surface area contributed by atoms with Gasteiger partial charge in [0, 0.05) is 0 Å². The van der Waals surface area contributed by atoms with Crippen molar-refractivity contribution in [2.75, 3.05) is 0 Å². The molecule has 0 aliphatic heterocycles. The highest BCUT2D eigenvalue weighted by atomic mass is 14.8. The smallest absolute Gasteiger partial charge is 0.0315 e. The Morgan fingerprint density at radius 1 is 0.778 bits per heavy atom. The van der Waals surface area contributed by atoms with E-state index in [0.29, 0.717) is 0 Å². The van der Waals surface area contributed by atoms with Gasteiger partial charge < -0.3 is 0 Å². The molecule has 5 saturated carbocycles. The van der Waals surface area contributed by atoms with E-state index in [2.05, 4.69) is 0 Å². The maximum absolute atomic E-state index is 1.65. The molecular formula is C9H12. The summed E-state index contributed by atoms with van der Waals surface area (Å²) < 4.78 is 0. The van der Waals surface area contributed by atoms with Crippen LogP contribution in [0, 0.1) is 35.5 Å². The highest BCUT2D eigenvalue weighted by Gasteiger charge is 2.76. The number of fused-ring (bicyclic) bond motifs is 1. The molecule has 0 spiro atoms. The van der Waals surface area contributed by atoms with E-state index in [9.17, 15) is 0 Å². The first-order valence-corrected chi connectivity index (χ1v) is 4.47. The minimum atomic E-state index is 1.23. The van der Waals surface area contributed by atoms with E-state index in [0.717, 1.165) is 0 Å². The zero-order chi connectivity index (χ0) is 5.59. The Labute approximate surface area is 55.6 Å². The number of hydrogen-bond donors (Lipinski definition) is 0. The Morgan fingerprint density at radius 2 is 1.67 bits per heavy atom. The van der Waals surface area contributed by atoms with Crippen LogP contribution in [0.2, 0.25) is 0 Å². The molecule has 6 unspecified atom stereocenters. The van der Waals surface area contributed by atoms with E-state index >= 15 is 0 Å². The van der Waals surface area contributed by atoms with E-state index in [4.69, 9.17) is 0 Å². The van der Waals surface area contributed by atoms with Gasteiger partial charge in [-0.2, -0.15) is 0 Å². The molecule has 0 amide bonds. The molecule has 0 aromatic rings. The molecule has 5 rings (SSSR count). The fourth-order valence-corrected chi connectivity index (χ4v) is 4.54. The van der Waals surface area contributed by atoms with Crippen molar-refractivity contribution in [1.29, 1.82) is 0 Å². The monoisotopic (exact) mass is 120 g/mol. The summed E-state index contributed by atoms with van der Waals surface area (Å²) in [5.74, 6) is 7.62. The molecule has 0 heterocycles. The second kappa shape index (κ2) is 0.889. The Morgan fingerprint density at radius 3 is 2.11 bits per heavy atom. The maximum atomic E-state index is 1.65. The number of hydrogen-bond acceptors (Lipinski definition) is 0. The minimum Gasteiger partial charge on any atom is -0.0499 e. The molecule has 0 aromatic carbocycles. The molecule has 48 valence electrons. The molecule has 0 aromatic heterocycles. The van der Waals surface area contributed by atoms with Crippen LogP contribution in [0.25, 0.3) is 0 Å². The first-order valence-electron chi connectivity index (χ1n) is 4.47. The molecule has 5 aliphatic rings. The lowest BCUT2D eigenvalue weighted by Gasteiger charge is -2.43. The summed E-state index contributed by atoms with van der Waals surface area (Å²) in [4.78, 5) is 0. The van der Waals surface area contributed by atoms with Crippen LogP contribution in [0.4, 0.5) is 0 Å². The summed E-state index contributed by atoms with van der Waals surface area (Å²) >= 11 is 0. The molecule has 5 aliphatic carbocycles. The quantitative estimate of drug-likeness (QED) is 0.458.